The Kier molecular flexibility index (Phi) is 8.19. The molecule has 0 spiro atoms. The predicted octanol–water partition coefficient (Wildman–Crippen LogP) is 3.49. The van der Waals surface area contributed by atoms with Crippen LogP contribution in [0.4, 0.5) is 0 Å². The monoisotopic (exact) mass is 414 g/mol. The second-order valence-electron chi connectivity index (χ2n) is 6.99. The molecular formula is C22H30N4O2S. The molecule has 2 N–H and O–H groups in total. The van der Waals surface area contributed by atoms with E-state index in [0.29, 0.717) is 25.6 Å². The first-order valence-electron chi connectivity index (χ1n) is 10.1. The van der Waals surface area contributed by atoms with Gasteiger partial charge in [-0.05, 0) is 37.5 Å². The number of guanidine groups is 1. The van der Waals surface area contributed by atoms with Crippen LogP contribution >= 0.6 is 11.8 Å². The zero-order valence-corrected chi connectivity index (χ0v) is 18.0. The third-order valence-corrected chi connectivity index (χ3v) is 6.06. The summed E-state index contributed by atoms with van der Waals surface area (Å²) in [5, 5.41) is 6.85. The quantitative estimate of drug-likeness (QED) is 0.333. The van der Waals surface area contributed by atoms with Gasteiger partial charge in [0.1, 0.15) is 6.61 Å². The van der Waals surface area contributed by atoms with Crippen LogP contribution < -0.4 is 15.4 Å². The number of hydrogen-bond donors (Lipinski definition) is 2. The SMILES string of the molecule is CCNC(=NCc1ccc(OCCOC)nc1)NCC1(Sc2ccccc2)CC1. The van der Waals surface area contributed by atoms with E-state index < -0.39 is 0 Å². The van der Waals surface area contributed by atoms with Gasteiger partial charge in [-0.3, -0.25) is 0 Å². The molecule has 2 aromatic rings. The predicted molar refractivity (Wildman–Crippen MR) is 119 cm³/mol. The lowest BCUT2D eigenvalue weighted by atomic mass is 10.3. The van der Waals surface area contributed by atoms with Crippen molar-refractivity contribution < 1.29 is 9.47 Å². The first-order chi connectivity index (χ1) is 14.2. The van der Waals surface area contributed by atoms with Gasteiger partial charge in [0.15, 0.2) is 5.96 Å². The summed E-state index contributed by atoms with van der Waals surface area (Å²) < 4.78 is 10.8. The number of benzene rings is 1. The van der Waals surface area contributed by atoms with Crippen molar-refractivity contribution in [2.24, 2.45) is 4.99 Å². The second kappa shape index (κ2) is 11.1. The summed E-state index contributed by atoms with van der Waals surface area (Å²) >= 11 is 1.96. The number of aliphatic imine (C=N–C) groups is 1. The molecule has 29 heavy (non-hydrogen) atoms. The standard InChI is InChI=1S/C22H30N4O2S/c1-3-23-21(25-16-18-9-10-20(24-15-18)28-14-13-27-2)26-17-22(11-12-22)29-19-7-5-4-6-8-19/h4-10,15H,3,11-14,16-17H2,1-2H3,(H2,23,25,26). The lowest BCUT2D eigenvalue weighted by Gasteiger charge is -2.18. The molecule has 1 saturated carbocycles. The van der Waals surface area contributed by atoms with Gasteiger partial charge in [0.2, 0.25) is 5.88 Å². The van der Waals surface area contributed by atoms with Crippen molar-refractivity contribution in [1.82, 2.24) is 15.6 Å². The average molecular weight is 415 g/mol. The van der Waals surface area contributed by atoms with E-state index in [0.717, 1.165) is 24.6 Å². The Labute approximate surface area is 177 Å². The van der Waals surface area contributed by atoms with Crippen molar-refractivity contribution in [3.05, 3.63) is 54.2 Å². The smallest absolute Gasteiger partial charge is 0.213 e. The molecule has 7 heteroatoms. The normalized spacial score (nSPS) is 15.0. The molecule has 0 unspecified atom stereocenters. The van der Waals surface area contributed by atoms with Crippen LogP contribution in [-0.4, -0.2) is 49.1 Å². The Bertz CT molecular complexity index is 764. The Morgan fingerprint density at radius 2 is 1.97 bits per heavy atom. The highest BCUT2D eigenvalue weighted by Crippen LogP contribution is 2.51. The Balaban J connectivity index is 1.50. The largest absolute Gasteiger partial charge is 0.475 e. The molecule has 1 aliphatic carbocycles. The lowest BCUT2D eigenvalue weighted by molar-refractivity contribution is 0.143. The van der Waals surface area contributed by atoms with Crippen LogP contribution in [0, 0.1) is 0 Å². The van der Waals surface area contributed by atoms with Crippen molar-refractivity contribution in [1.29, 1.82) is 0 Å². The van der Waals surface area contributed by atoms with E-state index >= 15 is 0 Å². The number of thioether (sulfide) groups is 1. The fourth-order valence-corrected chi connectivity index (χ4v) is 4.01. The van der Waals surface area contributed by atoms with Crippen LogP contribution in [0.5, 0.6) is 5.88 Å². The lowest BCUT2D eigenvalue weighted by Crippen LogP contribution is -2.41. The van der Waals surface area contributed by atoms with E-state index in [4.69, 9.17) is 14.5 Å². The Morgan fingerprint density at radius 3 is 2.62 bits per heavy atom. The molecule has 3 rings (SSSR count). The molecule has 0 radical (unpaired) electrons. The molecule has 0 amide bonds. The molecule has 1 heterocycles. The van der Waals surface area contributed by atoms with E-state index in [1.54, 1.807) is 7.11 Å². The van der Waals surface area contributed by atoms with Crippen LogP contribution in [0.25, 0.3) is 0 Å². The van der Waals surface area contributed by atoms with Crippen molar-refractivity contribution in [2.75, 3.05) is 33.4 Å². The summed E-state index contributed by atoms with van der Waals surface area (Å²) in [6.45, 7) is 5.43. The highest BCUT2D eigenvalue weighted by Gasteiger charge is 2.43. The highest BCUT2D eigenvalue weighted by molar-refractivity contribution is 8.01. The molecule has 1 aliphatic rings. The van der Waals surface area contributed by atoms with Crippen LogP contribution in [0.3, 0.4) is 0 Å². The van der Waals surface area contributed by atoms with Gasteiger partial charge in [-0.25, -0.2) is 9.98 Å². The number of hydrogen-bond acceptors (Lipinski definition) is 5. The van der Waals surface area contributed by atoms with Gasteiger partial charge in [-0.1, -0.05) is 24.3 Å². The van der Waals surface area contributed by atoms with Gasteiger partial charge in [-0.15, -0.1) is 11.8 Å². The van der Waals surface area contributed by atoms with Gasteiger partial charge in [0.25, 0.3) is 0 Å². The number of aromatic nitrogens is 1. The zero-order chi connectivity index (χ0) is 20.4. The first-order valence-corrected chi connectivity index (χ1v) is 10.9. The van der Waals surface area contributed by atoms with E-state index in [2.05, 4.69) is 52.9 Å². The summed E-state index contributed by atoms with van der Waals surface area (Å²) in [5.41, 5.74) is 1.04. The maximum atomic E-state index is 5.50. The molecular weight excluding hydrogens is 384 g/mol. The number of rotatable bonds is 11. The highest BCUT2D eigenvalue weighted by atomic mass is 32.2. The van der Waals surface area contributed by atoms with Crippen molar-refractivity contribution in [3.63, 3.8) is 0 Å². The maximum Gasteiger partial charge on any atom is 0.213 e. The van der Waals surface area contributed by atoms with Gasteiger partial charge in [0.05, 0.1) is 13.2 Å². The fourth-order valence-electron chi connectivity index (χ4n) is 2.77. The number of nitrogens with one attached hydrogen (secondary N) is 2. The molecule has 1 aromatic carbocycles. The van der Waals surface area contributed by atoms with Gasteiger partial charge >= 0.3 is 0 Å². The van der Waals surface area contributed by atoms with E-state index in [1.807, 2.05) is 30.1 Å². The molecule has 0 saturated heterocycles. The average Bonchev–Trinajstić information content (AvgIpc) is 3.51. The number of pyridine rings is 1. The van der Waals surface area contributed by atoms with Crippen LogP contribution in [0.1, 0.15) is 25.3 Å². The summed E-state index contributed by atoms with van der Waals surface area (Å²) in [5.74, 6) is 1.45. The van der Waals surface area contributed by atoms with Crippen molar-refractivity contribution in [3.8, 4) is 5.88 Å². The van der Waals surface area contributed by atoms with Gasteiger partial charge in [0, 0.05) is 42.1 Å². The summed E-state index contributed by atoms with van der Waals surface area (Å²) in [6.07, 6.45) is 4.27. The molecule has 0 atom stereocenters. The molecule has 156 valence electrons. The van der Waals surface area contributed by atoms with Crippen LogP contribution in [0.15, 0.2) is 58.5 Å². The topological polar surface area (TPSA) is 67.8 Å². The van der Waals surface area contributed by atoms with Crippen molar-refractivity contribution in [2.45, 2.75) is 36.0 Å². The van der Waals surface area contributed by atoms with E-state index in [9.17, 15) is 0 Å². The van der Waals surface area contributed by atoms with Crippen molar-refractivity contribution >= 4 is 17.7 Å². The molecule has 1 aromatic heterocycles. The molecule has 0 bridgehead atoms. The first kappa shape index (κ1) is 21.5. The number of ether oxygens (including phenoxy) is 2. The van der Waals surface area contributed by atoms with E-state index in [-0.39, 0.29) is 4.75 Å². The summed E-state index contributed by atoms with van der Waals surface area (Å²) in [7, 11) is 1.65. The third-order valence-electron chi connectivity index (χ3n) is 4.56. The second-order valence-corrected chi connectivity index (χ2v) is 8.53. The molecule has 0 aliphatic heterocycles. The Hall–Kier alpha value is -2.25. The van der Waals surface area contributed by atoms with Crippen LogP contribution in [-0.2, 0) is 11.3 Å². The molecule has 6 nitrogen and oxygen atoms in total. The number of methoxy groups -OCH3 is 1. The fraction of sp³-hybridized carbons (Fsp3) is 0.455. The van der Waals surface area contributed by atoms with Crippen LogP contribution in [0.2, 0.25) is 0 Å². The van der Waals surface area contributed by atoms with E-state index in [1.165, 1.54) is 17.7 Å². The van der Waals surface area contributed by atoms with Gasteiger partial charge in [-0.2, -0.15) is 0 Å². The maximum absolute atomic E-state index is 5.50. The summed E-state index contributed by atoms with van der Waals surface area (Å²) in [4.78, 5) is 10.4. The third kappa shape index (κ3) is 7.25. The summed E-state index contributed by atoms with van der Waals surface area (Å²) in [6, 6.07) is 14.5. The van der Waals surface area contributed by atoms with Gasteiger partial charge < -0.3 is 20.1 Å². The Morgan fingerprint density at radius 1 is 1.14 bits per heavy atom. The number of nitrogens with zero attached hydrogens (tertiary/aromatic N) is 2. The minimum Gasteiger partial charge on any atom is -0.475 e. The minimum atomic E-state index is 0.278. The minimum absolute atomic E-state index is 0.278. The molecule has 1 fully saturated rings. The zero-order valence-electron chi connectivity index (χ0n) is 17.2.